The molecular weight excluding hydrogens is 268 g/mol. The van der Waals surface area contributed by atoms with Gasteiger partial charge in [0.05, 0.1) is 6.42 Å². The van der Waals surface area contributed by atoms with Gasteiger partial charge in [0, 0.05) is 12.3 Å². The van der Waals surface area contributed by atoms with Crippen molar-refractivity contribution in [2.45, 2.75) is 6.42 Å². The Labute approximate surface area is 122 Å². The SMILES string of the molecule is O=C(O)/C=C/c1ccnc(NC(=O)Cc2ccccc2)c1. The number of benzene rings is 1. The van der Waals surface area contributed by atoms with E-state index >= 15 is 0 Å². The van der Waals surface area contributed by atoms with Crippen LogP contribution in [0.25, 0.3) is 6.08 Å². The fourth-order valence-corrected chi connectivity index (χ4v) is 1.75. The molecule has 0 saturated carbocycles. The number of nitrogens with zero attached hydrogens (tertiary/aromatic N) is 1. The van der Waals surface area contributed by atoms with Crippen molar-refractivity contribution >= 4 is 23.8 Å². The van der Waals surface area contributed by atoms with Crippen LogP contribution in [0.2, 0.25) is 0 Å². The van der Waals surface area contributed by atoms with Crippen molar-refractivity contribution < 1.29 is 14.7 Å². The van der Waals surface area contributed by atoms with Crippen LogP contribution in [0.4, 0.5) is 5.82 Å². The predicted octanol–water partition coefficient (Wildman–Crippen LogP) is 2.36. The molecule has 0 bridgehead atoms. The van der Waals surface area contributed by atoms with Gasteiger partial charge in [-0.1, -0.05) is 30.3 Å². The summed E-state index contributed by atoms with van der Waals surface area (Å²) in [6.07, 6.45) is 4.25. The molecule has 0 radical (unpaired) electrons. The molecule has 0 aliphatic rings. The molecule has 0 aliphatic heterocycles. The monoisotopic (exact) mass is 282 g/mol. The Morgan fingerprint density at radius 1 is 1.19 bits per heavy atom. The molecule has 0 spiro atoms. The molecule has 5 nitrogen and oxygen atoms in total. The van der Waals surface area contributed by atoms with Gasteiger partial charge in [-0.25, -0.2) is 9.78 Å². The number of carbonyl (C=O) groups is 2. The smallest absolute Gasteiger partial charge is 0.328 e. The predicted molar refractivity (Wildman–Crippen MR) is 79.7 cm³/mol. The van der Waals surface area contributed by atoms with E-state index in [4.69, 9.17) is 5.11 Å². The quantitative estimate of drug-likeness (QED) is 0.825. The third-order valence-corrected chi connectivity index (χ3v) is 2.68. The first-order chi connectivity index (χ1) is 10.1. The van der Waals surface area contributed by atoms with E-state index in [2.05, 4.69) is 10.3 Å². The summed E-state index contributed by atoms with van der Waals surface area (Å²) in [5.41, 5.74) is 1.57. The van der Waals surface area contributed by atoms with Gasteiger partial charge in [0.2, 0.25) is 5.91 Å². The number of aromatic nitrogens is 1. The highest BCUT2D eigenvalue weighted by Gasteiger charge is 2.04. The molecule has 5 heteroatoms. The largest absolute Gasteiger partial charge is 0.478 e. The highest BCUT2D eigenvalue weighted by molar-refractivity contribution is 5.92. The Balaban J connectivity index is 2.01. The minimum atomic E-state index is -1.03. The maximum atomic E-state index is 11.9. The van der Waals surface area contributed by atoms with Crippen LogP contribution < -0.4 is 5.32 Å². The average molecular weight is 282 g/mol. The second-order valence-corrected chi connectivity index (χ2v) is 4.36. The molecule has 21 heavy (non-hydrogen) atoms. The lowest BCUT2D eigenvalue weighted by Gasteiger charge is -2.05. The molecular formula is C16H14N2O3. The van der Waals surface area contributed by atoms with Gasteiger partial charge in [-0.05, 0) is 29.3 Å². The van der Waals surface area contributed by atoms with Crippen molar-refractivity contribution in [2.75, 3.05) is 5.32 Å². The van der Waals surface area contributed by atoms with Crippen molar-refractivity contribution in [3.63, 3.8) is 0 Å². The highest BCUT2D eigenvalue weighted by Crippen LogP contribution is 2.09. The minimum Gasteiger partial charge on any atom is -0.478 e. The molecule has 2 N–H and O–H groups in total. The Hall–Kier alpha value is -2.95. The molecule has 0 fully saturated rings. The van der Waals surface area contributed by atoms with Crippen LogP contribution >= 0.6 is 0 Å². The van der Waals surface area contributed by atoms with Crippen LogP contribution in [0.5, 0.6) is 0 Å². The summed E-state index contributed by atoms with van der Waals surface area (Å²) >= 11 is 0. The summed E-state index contributed by atoms with van der Waals surface area (Å²) in [6.45, 7) is 0. The van der Waals surface area contributed by atoms with Crippen LogP contribution in [-0.2, 0) is 16.0 Å². The zero-order valence-electron chi connectivity index (χ0n) is 11.2. The van der Waals surface area contributed by atoms with Gasteiger partial charge >= 0.3 is 5.97 Å². The second-order valence-electron chi connectivity index (χ2n) is 4.36. The van der Waals surface area contributed by atoms with Crippen LogP contribution in [0, 0.1) is 0 Å². The van der Waals surface area contributed by atoms with Gasteiger partial charge in [0.15, 0.2) is 0 Å². The topological polar surface area (TPSA) is 79.3 Å². The first-order valence-corrected chi connectivity index (χ1v) is 6.34. The normalized spacial score (nSPS) is 10.5. The van der Waals surface area contributed by atoms with E-state index in [1.54, 1.807) is 12.1 Å². The molecule has 1 aromatic heterocycles. The van der Waals surface area contributed by atoms with Crippen molar-refractivity contribution in [3.05, 3.63) is 65.9 Å². The molecule has 0 unspecified atom stereocenters. The first-order valence-electron chi connectivity index (χ1n) is 6.34. The van der Waals surface area contributed by atoms with Gasteiger partial charge in [0.1, 0.15) is 5.82 Å². The molecule has 0 atom stereocenters. The van der Waals surface area contributed by atoms with E-state index in [0.29, 0.717) is 11.4 Å². The average Bonchev–Trinajstić information content (AvgIpc) is 2.46. The maximum Gasteiger partial charge on any atom is 0.328 e. The summed E-state index contributed by atoms with van der Waals surface area (Å²) in [6, 6.07) is 12.7. The molecule has 1 heterocycles. The molecule has 2 rings (SSSR count). The van der Waals surface area contributed by atoms with E-state index in [9.17, 15) is 9.59 Å². The molecule has 1 aromatic carbocycles. The number of aliphatic carboxylic acids is 1. The Morgan fingerprint density at radius 2 is 1.95 bits per heavy atom. The first kappa shape index (κ1) is 14.5. The van der Waals surface area contributed by atoms with Crippen LogP contribution in [0.3, 0.4) is 0 Å². The van der Waals surface area contributed by atoms with Gasteiger partial charge in [-0.2, -0.15) is 0 Å². The number of carboxylic acid groups (broad SMARTS) is 1. The fourth-order valence-electron chi connectivity index (χ4n) is 1.75. The number of nitrogens with one attached hydrogen (secondary N) is 1. The number of rotatable bonds is 5. The van der Waals surface area contributed by atoms with E-state index in [0.717, 1.165) is 11.6 Å². The summed E-state index contributed by atoms with van der Waals surface area (Å²) in [7, 11) is 0. The number of carbonyl (C=O) groups excluding carboxylic acids is 1. The van der Waals surface area contributed by atoms with E-state index < -0.39 is 5.97 Å². The van der Waals surface area contributed by atoms with Gasteiger partial charge < -0.3 is 10.4 Å². The zero-order valence-corrected chi connectivity index (χ0v) is 11.2. The molecule has 1 amide bonds. The summed E-state index contributed by atoms with van der Waals surface area (Å²) in [5, 5.41) is 11.3. The Bertz CT molecular complexity index is 666. The van der Waals surface area contributed by atoms with Crippen LogP contribution in [0.15, 0.2) is 54.7 Å². The number of amides is 1. The van der Waals surface area contributed by atoms with Crippen molar-refractivity contribution in [1.29, 1.82) is 0 Å². The van der Waals surface area contributed by atoms with Crippen molar-refractivity contribution in [2.24, 2.45) is 0 Å². The maximum absolute atomic E-state index is 11.9. The van der Waals surface area contributed by atoms with E-state index in [1.807, 2.05) is 30.3 Å². The lowest BCUT2D eigenvalue weighted by atomic mass is 10.1. The summed E-state index contributed by atoms with van der Waals surface area (Å²) in [4.78, 5) is 26.4. The number of hydrogen-bond donors (Lipinski definition) is 2. The van der Waals surface area contributed by atoms with Crippen LogP contribution in [-0.4, -0.2) is 22.0 Å². The van der Waals surface area contributed by atoms with Crippen LogP contribution in [0.1, 0.15) is 11.1 Å². The number of carboxylic acids is 1. The third-order valence-electron chi connectivity index (χ3n) is 2.68. The Kier molecular flexibility index (Phi) is 4.82. The molecule has 0 aliphatic carbocycles. The highest BCUT2D eigenvalue weighted by atomic mass is 16.4. The van der Waals surface area contributed by atoms with Crippen molar-refractivity contribution in [1.82, 2.24) is 4.98 Å². The molecule has 0 saturated heterocycles. The number of hydrogen-bond acceptors (Lipinski definition) is 3. The second kappa shape index (κ2) is 7.00. The van der Waals surface area contributed by atoms with Gasteiger partial charge in [-0.3, -0.25) is 4.79 Å². The standard InChI is InChI=1S/C16H14N2O3/c19-15(11-12-4-2-1-3-5-12)18-14-10-13(8-9-17-14)6-7-16(20)21/h1-10H,11H2,(H,20,21)(H,17,18,19)/b7-6+. The van der Waals surface area contributed by atoms with E-state index in [1.165, 1.54) is 12.3 Å². The van der Waals surface area contributed by atoms with Gasteiger partial charge in [0.25, 0.3) is 0 Å². The minimum absolute atomic E-state index is 0.173. The molecule has 106 valence electrons. The van der Waals surface area contributed by atoms with Gasteiger partial charge in [-0.15, -0.1) is 0 Å². The summed E-state index contributed by atoms with van der Waals surface area (Å²) < 4.78 is 0. The molecule has 2 aromatic rings. The number of anilines is 1. The van der Waals surface area contributed by atoms with E-state index in [-0.39, 0.29) is 12.3 Å². The zero-order chi connectivity index (χ0) is 15.1. The third kappa shape index (κ3) is 4.91. The lowest BCUT2D eigenvalue weighted by Crippen LogP contribution is -2.15. The summed E-state index contributed by atoms with van der Waals surface area (Å²) in [5.74, 6) is -0.807. The number of pyridine rings is 1. The Morgan fingerprint density at radius 3 is 2.67 bits per heavy atom. The van der Waals surface area contributed by atoms with Crippen molar-refractivity contribution in [3.8, 4) is 0 Å². The lowest BCUT2D eigenvalue weighted by molar-refractivity contribution is -0.131. The fraction of sp³-hybridized carbons (Fsp3) is 0.0625.